The standard InChI is InChI=1S/C17H14ClN3O5/c18-9-16(19)20-13-5-1-4-12(7-13)17(23)26-10-15(22)11-3-2-6-14(8-11)21(24)25/h1-8H,9-10H2,(H2,19,20). The van der Waals surface area contributed by atoms with Crippen LogP contribution in [0.1, 0.15) is 20.7 Å². The molecule has 2 aromatic rings. The Morgan fingerprint density at radius 3 is 2.54 bits per heavy atom. The largest absolute Gasteiger partial charge is 0.454 e. The van der Waals surface area contributed by atoms with Crippen LogP contribution in [0.3, 0.4) is 0 Å². The summed E-state index contributed by atoms with van der Waals surface area (Å²) in [6.45, 7) is -0.544. The van der Waals surface area contributed by atoms with Crippen molar-refractivity contribution < 1.29 is 19.2 Å². The molecule has 0 radical (unpaired) electrons. The average Bonchev–Trinajstić information content (AvgIpc) is 2.65. The van der Waals surface area contributed by atoms with Crippen molar-refractivity contribution in [3.63, 3.8) is 0 Å². The highest BCUT2D eigenvalue weighted by Gasteiger charge is 2.15. The van der Waals surface area contributed by atoms with Gasteiger partial charge in [-0.1, -0.05) is 18.2 Å². The number of nitro benzene ring substituents is 1. The molecule has 0 aromatic heterocycles. The maximum Gasteiger partial charge on any atom is 0.338 e. The van der Waals surface area contributed by atoms with Gasteiger partial charge in [-0.2, -0.15) is 0 Å². The number of halogens is 1. The first-order valence-corrected chi connectivity index (χ1v) is 7.88. The van der Waals surface area contributed by atoms with Crippen LogP contribution in [-0.2, 0) is 4.74 Å². The van der Waals surface area contributed by atoms with Gasteiger partial charge in [0.15, 0.2) is 6.61 Å². The molecule has 0 heterocycles. The minimum absolute atomic E-state index is 0.0480. The van der Waals surface area contributed by atoms with Crippen LogP contribution in [0, 0.1) is 10.1 Å². The molecule has 0 aliphatic carbocycles. The Hall–Kier alpha value is -3.26. The summed E-state index contributed by atoms with van der Waals surface area (Å²) in [6, 6.07) is 11.3. The van der Waals surface area contributed by atoms with Crippen molar-refractivity contribution in [2.24, 2.45) is 10.7 Å². The Kier molecular flexibility index (Phi) is 6.40. The van der Waals surface area contributed by atoms with Crippen LogP contribution in [0.5, 0.6) is 0 Å². The van der Waals surface area contributed by atoms with Gasteiger partial charge in [0, 0.05) is 17.7 Å². The van der Waals surface area contributed by atoms with Gasteiger partial charge in [0.25, 0.3) is 5.69 Å². The van der Waals surface area contributed by atoms with Crippen molar-refractivity contribution in [2.45, 2.75) is 0 Å². The molecule has 2 aromatic carbocycles. The van der Waals surface area contributed by atoms with Crippen LogP contribution < -0.4 is 5.73 Å². The van der Waals surface area contributed by atoms with Crippen LogP contribution in [-0.4, -0.2) is 35.0 Å². The molecule has 9 heteroatoms. The summed E-state index contributed by atoms with van der Waals surface area (Å²) in [5.41, 5.74) is 6.00. The minimum Gasteiger partial charge on any atom is -0.454 e. The highest BCUT2D eigenvalue weighted by molar-refractivity contribution is 6.28. The lowest BCUT2D eigenvalue weighted by Crippen LogP contribution is -2.14. The Balaban J connectivity index is 2.04. The Morgan fingerprint density at radius 1 is 1.15 bits per heavy atom. The number of rotatable bonds is 7. The van der Waals surface area contributed by atoms with Crippen molar-refractivity contribution >= 4 is 40.6 Å². The third kappa shape index (κ3) is 5.12. The molecule has 0 bridgehead atoms. The Morgan fingerprint density at radius 2 is 1.85 bits per heavy atom. The van der Waals surface area contributed by atoms with E-state index in [1.807, 2.05) is 0 Å². The molecule has 26 heavy (non-hydrogen) atoms. The number of aliphatic imine (C=N–C) groups is 1. The van der Waals surface area contributed by atoms with Crippen molar-refractivity contribution in [1.29, 1.82) is 0 Å². The molecule has 134 valence electrons. The quantitative estimate of drug-likeness (QED) is 0.151. The number of carbonyl (C=O) groups is 2. The maximum absolute atomic E-state index is 12.1. The van der Waals surface area contributed by atoms with Crippen LogP contribution >= 0.6 is 11.6 Å². The number of nitrogens with two attached hydrogens (primary N) is 1. The molecule has 0 aliphatic rings. The summed E-state index contributed by atoms with van der Waals surface area (Å²) < 4.78 is 4.97. The van der Waals surface area contributed by atoms with Crippen molar-refractivity contribution in [3.8, 4) is 0 Å². The van der Waals surface area contributed by atoms with E-state index in [9.17, 15) is 19.7 Å². The lowest BCUT2D eigenvalue weighted by atomic mass is 10.1. The second-order valence-corrected chi connectivity index (χ2v) is 5.36. The number of hydrogen-bond acceptors (Lipinski definition) is 6. The van der Waals surface area contributed by atoms with E-state index in [4.69, 9.17) is 22.1 Å². The molecule has 8 nitrogen and oxygen atoms in total. The number of benzene rings is 2. The zero-order valence-electron chi connectivity index (χ0n) is 13.4. The molecule has 0 atom stereocenters. The summed E-state index contributed by atoms with van der Waals surface area (Å²) in [6.07, 6.45) is 0. The first kappa shape index (κ1) is 19.1. The molecular weight excluding hydrogens is 362 g/mol. The van der Waals surface area contributed by atoms with Crippen molar-refractivity contribution in [3.05, 3.63) is 69.8 Å². The van der Waals surface area contributed by atoms with Gasteiger partial charge in [-0.15, -0.1) is 11.6 Å². The fourth-order valence-electron chi connectivity index (χ4n) is 1.99. The Bertz CT molecular complexity index is 882. The highest BCUT2D eigenvalue weighted by atomic mass is 35.5. The van der Waals surface area contributed by atoms with Crippen LogP contribution in [0.2, 0.25) is 0 Å². The fourth-order valence-corrected chi connectivity index (χ4v) is 2.05. The smallest absolute Gasteiger partial charge is 0.338 e. The number of nitrogens with zero attached hydrogens (tertiary/aromatic N) is 2. The van der Waals surface area contributed by atoms with E-state index in [1.165, 1.54) is 30.3 Å². The lowest BCUT2D eigenvalue weighted by Gasteiger charge is -2.05. The van der Waals surface area contributed by atoms with Crippen molar-refractivity contribution in [1.82, 2.24) is 0 Å². The van der Waals surface area contributed by atoms with Gasteiger partial charge in [0.2, 0.25) is 5.78 Å². The topological polar surface area (TPSA) is 125 Å². The van der Waals surface area contributed by atoms with E-state index >= 15 is 0 Å². The van der Waals surface area contributed by atoms with E-state index in [1.54, 1.807) is 12.1 Å². The highest BCUT2D eigenvalue weighted by Crippen LogP contribution is 2.16. The van der Waals surface area contributed by atoms with Crippen LogP contribution in [0.4, 0.5) is 11.4 Å². The Labute approximate surface area is 153 Å². The minimum atomic E-state index is -0.731. The molecule has 0 unspecified atom stereocenters. The first-order valence-electron chi connectivity index (χ1n) is 7.34. The average molecular weight is 376 g/mol. The number of ether oxygens (including phenoxy) is 1. The molecule has 0 amide bonds. The number of Topliss-reactive ketones (excluding diaryl/α,β-unsaturated/α-hetero) is 1. The van der Waals surface area contributed by atoms with Crippen molar-refractivity contribution in [2.75, 3.05) is 12.5 Å². The van der Waals surface area contributed by atoms with E-state index in [2.05, 4.69) is 4.99 Å². The van der Waals surface area contributed by atoms with E-state index < -0.39 is 23.3 Å². The lowest BCUT2D eigenvalue weighted by molar-refractivity contribution is -0.384. The SMILES string of the molecule is NC(CCl)=Nc1cccc(C(=O)OCC(=O)c2cccc([N+](=O)[O-])c2)c1. The first-order chi connectivity index (χ1) is 12.4. The molecule has 0 saturated carbocycles. The summed E-state index contributed by atoms with van der Waals surface area (Å²) in [4.78, 5) is 38.3. The zero-order chi connectivity index (χ0) is 19.1. The second-order valence-electron chi connectivity index (χ2n) is 5.09. The predicted molar refractivity (Wildman–Crippen MR) is 96.2 cm³/mol. The maximum atomic E-state index is 12.1. The fraction of sp³-hybridized carbons (Fsp3) is 0.118. The summed E-state index contributed by atoms with van der Waals surface area (Å²) in [7, 11) is 0. The molecule has 2 N–H and O–H groups in total. The summed E-state index contributed by atoms with van der Waals surface area (Å²) in [5.74, 6) is -1.04. The number of hydrogen-bond donors (Lipinski definition) is 1. The van der Waals surface area contributed by atoms with Gasteiger partial charge >= 0.3 is 5.97 Å². The normalized spacial score (nSPS) is 11.0. The van der Waals surface area contributed by atoms with Gasteiger partial charge in [0.1, 0.15) is 5.84 Å². The molecule has 0 fully saturated rings. The number of carbonyl (C=O) groups excluding carboxylic acids is 2. The number of alkyl halides is 1. The number of non-ortho nitro benzene ring substituents is 1. The molecular formula is C17H14ClN3O5. The number of amidine groups is 1. The van der Waals surface area contributed by atoms with Gasteiger partial charge in [-0.05, 0) is 18.2 Å². The predicted octanol–water partition coefficient (Wildman–Crippen LogP) is 2.86. The van der Waals surface area contributed by atoms with Crippen LogP contribution in [0.25, 0.3) is 0 Å². The van der Waals surface area contributed by atoms with Gasteiger partial charge in [-0.3, -0.25) is 14.9 Å². The summed E-state index contributed by atoms with van der Waals surface area (Å²) in [5, 5.41) is 10.7. The van der Waals surface area contributed by atoms with Gasteiger partial charge < -0.3 is 10.5 Å². The second kappa shape index (κ2) is 8.72. The monoisotopic (exact) mass is 375 g/mol. The molecule has 2 rings (SSSR count). The third-order valence-corrected chi connectivity index (χ3v) is 3.48. The van der Waals surface area contributed by atoms with Gasteiger partial charge in [-0.25, -0.2) is 9.79 Å². The van der Waals surface area contributed by atoms with E-state index in [0.29, 0.717) is 5.69 Å². The van der Waals surface area contributed by atoms with Gasteiger partial charge in [0.05, 0.1) is 22.1 Å². The number of nitro groups is 1. The third-order valence-electron chi connectivity index (χ3n) is 3.20. The molecule has 0 saturated heterocycles. The van der Waals surface area contributed by atoms with Crippen LogP contribution in [0.15, 0.2) is 53.5 Å². The molecule has 0 spiro atoms. The number of esters is 1. The summed E-state index contributed by atoms with van der Waals surface area (Å²) >= 11 is 5.55. The van der Waals surface area contributed by atoms with E-state index in [-0.39, 0.29) is 28.5 Å². The zero-order valence-corrected chi connectivity index (χ0v) is 14.2. The number of ketones is 1. The molecule has 0 aliphatic heterocycles. The van der Waals surface area contributed by atoms with E-state index in [0.717, 1.165) is 6.07 Å².